The SMILES string of the molecule is CCCCCOCc1ccccc1NC(=O)OCCN1CCCCC1. The van der Waals surface area contributed by atoms with Crippen LogP contribution in [0.5, 0.6) is 0 Å². The summed E-state index contributed by atoms with van der Waals surface area (Å²) in [5.74, 6) is 0. The highest BCUT2D eigenvalue weighted by atomic mass is 16.5. The largest absolute Gasteiger partial charge is 0.448 e. The Morgan fingerprint density at radius 1 is 1.12 bits per heavy atom. The van der Waals surface area contributed by atoms with Crippen molar-refractivity contribution in [1.82, 2.24) is 4.90 Å². The van der Waals surface area contributed by atoms with Crippen molar-refractivity contribution >= 4 is 11.8 Å². The van der Waals surface area contributed by atoms with Crippen molar-refractivity contribution in [1.29, 1.82) is 0 Å². The molecule has 0 aliphatic carbocycles. The third-order valence-electron chi connectivity index (χ3n) is 4.49. The lowest BCUT2D eigenvalue weighted by atomic mass is 10.1. The van der Waals surface area contributed by atoms with Crippen molar-refractivity contribution < 1.29 is 14.3 Å². The van der Waals surface area contributed by atoms with Crippen LogP contribution in [-0.4, -0.2) is 43.8 Å². The fourth-order valence-corrected chi connectivity index (χ4v) is 3.00. The highest BCUT2D eigenvalue weighted by Gasteiger charge is 2.11. The zero-order valence-electron chi connectivity index (χ0n) is 15.5. The second-order valence-corrected chi connectivity index (χ2v) is 6.58. The third kappa shape index (κ3) is 7.88. The van der Waals surface area contributed by atoms with Crippen LogP contribution in [0.15, 0.2) is 24.3 Å². The van der Waals surface area contributed by atoms with Crippen molar-refractivity contribution in [3.05, 3.63) is 29.8 Å². The molecule has 1 aromatic carbocycles. The van der Waals surface area contributed by atoms with Crippen LogP contribution in [0.1, 0.15) is 51.0 Å². The molecule has 1 aromatic rings. The van der Waals surface area contributed by atoms with Gasteiger partial charge in [0.05, 0.1) is 6.61 Å². The quantitative estimate of drug-likeness (QED) is 0.636. The summed E-state index contributed by atoms with van der Waals surface area (Å²) in [5, 5.41) is 2.84. The van der Waals surface area contributed by atoms with Gasteiger partial charge in [0.25, 0.3) is 0 Å². The zero-order chi connectivity index (χ0) is 17.7. The van der Waals surface area contributed by atoms with Crippen LogP contribution in [0.4, 0.5) is 10.5 Å². The molecule has 5 heteroatoms. The van der Waals surface area contributed by atoms with Gasteiger partial charge in [-0.2, -0.15) is 0 Å². The van der Waals surface area contributed by atoms with E-state index in [0.717, 1.165) is 43.9 Å². The van der Waals surface area contributed by atoms with Crippen LogP contribution in [0.3, 0.4) is 0 Å². The number of piperidine rings is 1. The molecule has 0 atom stereocenters. The Bertz CT molecular complexity index is 501. The Hall–Kier alpha value is -1.59. The van der Waals surface area contributed by atoms with E-state index in [1.807, 2.05) is 24.3 Å². The van der Waals surface area contributed by atoms with Crippen molar-refractivity contribution in [2.75, 3.05) is 38.2 Å². The molecule has 1 aliphatic rings. The molecule has 1 heterocycles. The maximum Gasteiger partial charge on any atom is 0.411 e. The number of amides is 1. The molecule has 0 aromatic heterocycles. The minimum absolute atomic E-state index is 0.393. The van der Waals surface area contributed by atoms with Gasteiger partial charge in [0.2, 0.25) is 0 Å². The second kappa shape index (κ2) is 11.9. The summed E-state index contributed by atoms with van der Waals surface area (Å²) in [6.07, 6.45) is 6.86. The van der Waals surface area contributed by atoms with Gasteiger partial charge < -0.3 is 9.47 Å². The van der Waals surface area contributed by atoms with E-state index < -0.39 is 6.09 Å². The Kier molecular flexibility index (Phi) is 9.37. The van der Waals surface area contributed by atoms with E-state index in [0.29, 0.717) is 13.2 Å². The topological polar surface area (TPSA) is 50.8 Å². The molecule has 2 rings (SSSR count). The first kappa shape index (κ1) is 19.7. The molecule has 0 radical (unpaired) electrons. The Balaban J connectivity index is 1.70. The summed E-state index contributed by atoms with van der Waals surface area (Å²) in [6, 6.07) is 7.72. The Labute approximate surface area is 151 Å². The molecule has 0 saturated carbocycles. The van der Waals surface area contributed by atoms with Gasteiger partial charge in [0.15, 0.2) is 0 Å². The first-order chi connectivity index (χ1) is 12.3. The number of anilines is 1. The molecule has 25 heavy (non-hydrogen) atoms. The number of carbonyl (C=O) groups is 1. The van der Waals surface area contributed by atoms with Crippen molar-refractivity contribution in [2.45, 2.75) is 52.1 Å². The fourth-order valence-electron chi connectivity index (χ4n) is 3.00. The van der Waals surface area contributed by atoms with Gasteiger partial charge in [0, 0.05) is 24.4 Å². The summed E-state index contributed by atoms with van der Waals surface area (Å²) in [6.45, 7) is 6.91. The summed E-state index contributed by atoms with van der Waals surface area (Å²) in [5.41, 5.74) is 1.74. The van der Waals surface area contributed by atoms with Gasteiger partial charge >= 0.3 is 6.09 Å². The molecule has 1 amide bonds. The molecule has 140 valence electrons. The van der Waals surface area contributed by atoms with Gasteiger partial charge in [-0.3, -0.25) is 10.2 Å². The average molecular weight is 348 g/mol. The number of benzene rings is 1. The number of likely N-dealkylation sites (tertiary alicyclic amines) is 1. The number of rotatable bonds is 10. The number of para-hydroxylation sites is 1. The van der Waals surface area contributed by atoms with E-state index in [1.54, 1.807) is 0 Å². The average Bonchev–Trinajstić information content (AvgIpc) is 2.64. The van der Waals surface area contributed by atoms with E-state index in [-0.39, 0.29) is 0 Å². The van der Waals surface area contributed by atoms with Crippen molar-refractivity contribution in [2.24, 2.45) is 0 Å². The monoisotopic (exact) mass is 348 g/mol. The predicted molar refractivity (Wildman–Crippen MR) is 101 cm³/mol. The van der Waals surface area contributed by atoms with E-state index in [2.05, 4.69) is 17.1 Å². The lowest BCUT2D eigenvalue weighted by Gasteiger charge is -2.25. The summed E-state index contributed by atoms with van der Waals surface area (Å²) in [7, 11) is 0. The normalized spacial score (nSPS) is 15.1. The number of unbranched alkanes of at least 4 members (excludes halogenated alkanes) is 2. The maximum atomic E-state index is 12.0. The molecule has 1 saturated heterocycles. The Morgan fingerprint density at radius 2 is 1.92 bits per heavy atom. The standard InChI is InChI=1S/C20H32N2O3/c1-2-3-9-15-24-17-18-10-5-6-11-19(18)21-20(23)25-16-14-22-12-7-4-8-13-22/h5-6,10-11H,2-4,7-9,12-17H2,1H3,(H,21,23). The zero-order valence-corrected chi connectivity index (χ0v) is 15.5. The van der Waals surface area contributed by atoms with Gasteiger partial charge in [-0.25, -0.2) is 4.79 Å². The highest BCUT2D eigenvalue weighted by Crippen LogP contribution is 2.16. The number of carbonyl (C=O) groups excluding carboxylic acids is 1. The molecular formula is C20H32N2O3. The van der Waals surface area contributed by atoms with Crippen molar-refractivity contribution in [3.8, 4) is 0 Å². The van der Waals surface area contributed by atoms with Crippen LogP contribution < -0.4 is 5.32 Å². The smallest absolute Gasteiger partial charge is 0.411 e. The van der Waals surface area contributed by atoms with Crippen LogP contribution in [0.25, 0.3) is 0 Å². The van der Waals surface area contributed by atoms with Gasteiger partial charge in [-0.15, -0.1) is 0 Å². The van der Waals surface area contributed by atoms with Gasteiger partial charge in [-0.1, -0.05) is 44.4 Å². The first-order valence-corrected chi connectivity index (χ1v) is 9.61. The molecule has 1 N–H and O–H groups in total. The molecule has 1 aliphatic heterocycles. The predicted octanol–water partition coefficient (Wildman–Crippen LogP) is 4.43. The van der Waals surface area contributed by atoms with E-state index >= 15 is 0 Å². The molecule has 1 fully saturated rings. The van der Waals surface area contributed by atoms with Crippen LogP contribution in [-0.2, 0) is 16.1 Å². The number of ether oxygens (including phenoxy) is 2. The number of nitrogens with one attached hydrogen (secondary N) is 1. The summed E-state index contributed by atoms with van der Waals surface area (Å²) in [4.78, 5) is 14.4. The van der Waals surface area contributed by atoms with E-state index in [1.165, 1.54) is 32.1 Å². The summed E-state index contributed by atoms with van der Waals surface area (Å²) >= 11 is 0. The Morgan fingerprint density at radius 3 is 2.72 bits per heavy atom. The van der Waals surface area contributed by atoms with Crippen LogP contribution >= 0.6 is 0 Å². The molecule has 0 unspecified atom stereocenters. The number of nitrogens with zero attached hydrogens (tertiary/aromatic N) is 1. The van der Waals surface area contributed by atoms with E-state index in [4.69, 9.17) is 9.47 Å². The third-order valence-corrected chi connectivity index (χ3v) is 4.49. The molecular weight excluding hydrogens is 316 g/mol. The fraction of sp³-hybridized carbons (Fsp3) is 0.650. The second-order valence-electron chi connectivity index (χ2n) is 6.58. The summed E-state index contributed by atoms with van der Waals surface area (Å²) < 4.78 is 11.0. The lowest BCUT2D eigenvalue weighted by Crippen LogP contribution is -2.33. The van der Waals surface area contributed by atoms with Crippen LogP contribution in [0.2, 0.25) is 0 Å². The van der Waals surface area contributed by atoms with Crippen molar-refractivity contribution in [3.63, 3.8) is 0 Å². The van der Waals surface area contributed by atoms with Gasteiger partial charge in [0.1, 0.15) is 6.61 Å². The molecule has 0 bridgehead atoms. The molecule has 0 spiro atoms. The first-order valence-electron chi connectivity index (χ1n) is 9.61. The number of hydrogen-bond donors (Lipinski definition) is 1. The molecule has 5 nitrogen and oxygen atoms in total. The van der Waals surface area contributed by atoms with Gasteiger partial charge in [-0.05, 0) is 38.4 Å². The van der Waals surface area contributed by atoms with E-state index in [9.17, 15) is 4.79 Å². The minimum Gasteiger partial charge on any atom is -0.448 e. The lowest BCUT2D eigenvalue weighted by molar-refractivity contribution is 0.117. The maximum absolute atomic E-state index is 12.0. The van der Waals surface area contributed by atoms with Crippen LogP contribution in [0, 0.1) is 0 Å². The number of hydrogen-bond acceptors (Lipinski definition) is 4. The highest BCUT2D eigenvalue weighted by molar-refractivity contribution is 5.85. The minimum atomic E-state index is -0.393.